The highest BCUT2D eigenvalue weighted by Gasteiger charge is 2.48. The minimum atomic E-state index is -3.34. The van der Waals surface area contributed by atoms with E-state index in [2.05, 4.69) is 0 Å². The van der Waals surface area contributed by atoms with Crippen LogP contribution in [0.2, 0.25) is 0 Å². The molecule has 30 heavy (non-hydrogen) atoms. The molecule has 8 nitrogen and oxygen atoms in total. The predicted octanol–water partition coefficient (Wildman–Crippen LogP) is 3.59. The van der Waals surface area contributed by atoms with Gasteiger partial charge in [-0.1, -0.05) is 0 Å². The van der Waals surface area contributed by atoms with Crippen LogP contribution in [0.3, 0.4) is 0 Å². The van der Waals surface area contributed by atoms with E-state index < -0.39 is 59.0 Å². The number of rotatable bonds is 5. The quantitative estimate of drug-likeness (QED) is 0.618. The lowest BCUT2D eigenvalue weighted by Gasteiger charge is -2.49. The number of piperidine rings is 2. The smallest absolute Gasteiger partial charge is 0.306 e. The molecule has 0 bridgehead atoms. The second kappa shape index (κ2) is 8.37. The Labute approximate surface area is 186 Å². The number of carbonyl (C=O) groups is 2. The van der Waals surface area contributed by atoms with Gasteiger partial charge in [0.2, 0.25) is 0 Å². The first kappa shape index (κ1) is 19.5. The van der Waals surface area contributed by atoms with Gasteiger partial charge in [0.1, 0.15) is 12.2 Å². The largest absolute Gasteiger partial charge is 0.462 e. The molecule has 2 radical (unpaired) electrons. The molecule has 0 aromatic rings. The number of hydrogen-bond donors (Lipinski definition) is 0. The zero-order chi connectivity index (χ0) is 26.7. The Balaban J connectivity index is 2.15. The van der Waals surface area contributed by atoms with Crippen LogP contribution in [-0.2, 0) is 29.5 Å². The summed E-state index contributed by atoms with van der Waals surface area (Å²) in [5, 5.41) is 26.9. The SMILES string of the molecule is [2H]C([2H])(C(=O)OC1CC(C)(C)N([O])C(C)(C)C1)C([2H])([2H])C(=O)OC1CC(C)(C)N([O])C(C)(C)C1. The van der Waals surface area contributed by atoms with Gasteiger partial charge >= 0.3 is 11.9 Å². The molecule has 2 fully saturated rings. The van der Waals surface area contributed by atoms with Gasteiger partial charge in [0, 0.05) is 53.3 Å². The fourth-order valence-corrected chi connectivity index (χ4v) is 4.97. The monoisotopic (exact) mass is 430 g/mol. The van der Waals surface area contributed by atoms with E-state index in [1.54, 1.807) is 55.4 Å². The summed E-state index contributed by atoms with van der Waals surface area (Å²) in [7, 11) is 0. The van der Waals surface area contributed by atoms with Crippen LogP contribution in [0.5, 0.6) is 0 Å². The third kappa shape index (κ3) is 5.72. The van der Waals surface area contributed by atoms with Gasteiger partial charge in [-0.2, -0.15) is 0 Å². The summed E-state index contributed by atoms with van der Waals surface area (Å²) in [6.45, 7) is 13.5. The van der Waals surface area contributed by atoms with Crippen molar-refractivity contribution in [2.75, 3.05) is 0 Å². The molecule has 8 heteroatoms. The Morgan fingerprint density at radius 2 is 0.933 bits per heavy atom. The van der Waals surface area contributed by atoms with Crippen LogP contribution >= 0.6 is 0 Å². The average Bonchev–Trinajstić information content (AvgIpc) is 2.62. The zero-order valence-corrected chi connectivity index (χ0v) is 19.3. The summed E-state index contributed by atoms with van der Waals surface area (Å²) in [5.74, 6) is -3.05. The van der Waals surface area contributed by atoms with E-state index in [0.717, 1.165) is 10.1 Å². The summed E-state index contributed by atoms with van der Waals surface area (Å²) in [5.41, 5.74) is -3.53. The molecule has 0 amide bonds. The van der Waals surface area contributed by atoms with Gasteiger partial charge in [-0.05, 0) is 55.4 Å². The van der Waals surface area contributed by atoms with Gasteiger partial charge in [0.25, 0.3) is 0 Å². The molecule has 0 unspecified atom stereocenters. The van der Waals surface area contributed by atoms with Crippen molar-refractivity contribution in [3.63, 3.8) is 0 Å². The van der Waals surface area contributed by atoms with E-state index in [0.29, 0.717) is 0 Å². The average molecular weight is 431 g/mol. The Bertz CT molecular complexity index is 713. The minimum Gasteiger partial charge on any atom is -0.462 e. The summed E-state index contributed by atoms with van der Waals surface area (Å²) < 4.78 is 43.1. The van der Waals surface area contributed by atoms with E-state index in [1.807, 2.05) is 0 Å². The van der Waals surface area contributed by atoms with Crippen LogP contribution in [0.25, 0.3) is 0 Å². The van der Waals surface area contributed by atoms with Crippen molar-refractivity contribution in [2.24, 2.45) is 0 Å². The highest BCUT2D eigenvalue weighted by atomic mass is 16.6. The molecule has 2 aliphatic rings. The molecule has 0 atom stereocenters. The zero-order valence-electron chi connectivity index (χ0n) is 23.3. The van der Waals surface area contributed by atoms with E-state index >= 15 is 0 Å². The lowest BCUT2D eigenvalue weighted by molar-refractivity contribution is -0.299. The second-order valence-electron chi connectivity index (χ2n) is 11.0. The maximum Gasteiger partial charge on any atom is 0.306 e. The summed E-state index contributed by atoms with van der Waals surface area (Å²) in [4.78, 5) is 25.5. The Hall–Kier alpha value is -1.22. The number of hydroxylamine groups is 4. The maximum atomic E-state index is 12.7. The molecule has 0 N–H and O–H groups in total. The van der Waals surface area contributed by atoms with E-state index in [4.69, 9.17) is 15.0 Å². The topological polar surface area (TPSA) is 98.9 Å². The van der Waals surface area contributed by atoms with E-state index in [-0.39, 0.29) is 25.7 Å². The third-order valence-electron chi connectivity index (χ3n) is 5.92. The molecular formula is C22H38N2O6. The number of nitrogens with zero attached hydrogens (tertiary/aromatic N) is 2. The van der Waals surface area contributed by atoms with Gasteiger partial charge < -0.3 is 9.47 Å². The van der Waals surface area contributed by atoms with Crippen LogP contribution in [0.1, 0.15) is 99.3 Å². The van der Waals surface area contributed by atoms with Crippen LogP contribution < -0.4 is 0 Å². The van der Waals surface area contributed by atoms with Crippen molar-refractivity contribution >= 4 is 11.9 Å². The van der Waals surface area contributed by atoms with Crippen molar-refractivity contribution in [3.8, 4) is 0 Å². The van der Waals surface area contributed by atoms with Gasteiger partial charge in [0.15, 0.2) is 0 Å². The van der Waals surface area contributed by atoms with Crippen molar-refractivity contribution < 1.29 is 35.0 Å². The first-order chi connectivity index (χ1) is 15.0. The van der Waals surface area contributed by atoms with Crippen LogP contribution in [-0.4, -0.2) is 56.4 Å². The summed E-state index contributed by atoms with van der Waals surface area (Å²) >= 11 is 0. The molecule has 0 saturated carbocycles. The lowest BCUT2D eigenvalue weighted by atomic mass is 9.80. The molecule has 0 aromatic heterocycles. The van der Waals surface area contributed by atoms with Crippen molar-refractivity contribution in [1.82, 2.24) is 10.1 Å². The van der Waals surface area contributed by atoms with Crippen molar-refractivity contribution in [1.29, 1.82) is 0 Å². The Kier molecular flexibility index (Phi) is 5.43. The molecule has 2 heterocycles. The van der Waals surface area contributed by atoms with Gasteiger partial charge in [-0.25, -0.2) is 0 Å². The van der Waals surface area contributed by atoms with Crippen molar-refractivity contribution in [3.05, 3.63) is 0 Å². The molecule has 2 aliphatic heterocycles. The fourth-order valence-electron chi connectivity index (χ4n) is 4.97. The van der Waals surface area contributed by atoms with E-state index in [9.17, 15) is 20.0 Å². The Morgan fingerprint density at radius 1 is 0.700 bits per heavy atom. The van der Waals surface area contributed by atoms with Gasteiger partial charge in [-0.15, -0.1) is 20.5 Å². The minimum absolute atomic E-state index is 0.132. The molecule has 2 rings (SSSR count). The highest BCUT2D eigenvalue weighted by molar-refractivity contribution is 5.77. The van der Waals surface area contributed by atoms with Gasteiger partial charge in [0.05, 0.1) is 12.7 Å². The van der Waals surface area contributed by atoms with Crippen LogP contribution in [0.4, 0.5) is 0 Å². The molecule has 0 aromatic carbocycles. The summed E-state index contributed by atoms with van der Waals surface area (Å²) in [6, 6.07) is 0. The molecule has 2 saturated heterocycles. The summed E-state index contributed by atoms with van der Waals surface area (Å²) in [6.07, 6.45) is -7.80. The first-order valence-electron chi connectivity index (χ1n) is 12.3. The maximum absolute atomic E-state index is 12.7. The predicted molar refractivity (Wildman–Crippen MR) is 109 cm³/mol. The number of hydrogen-bond acceptors (Lipinski definition) is 6. The highest BCUT2D eigenvalue weighted by Crippen LogP contribution is 2.39. The Morgan fingerprint density at radius 3 is 1.17 bits per heavy atom. The van der Waals surface area contributed by atoms with Gasteiger partial charge in [-0.3, -0.25) is 9.59 Å². The number of esters is 2. The lowest BCUT2D eigenvalue weighted by Crippen LogP contribution is -2.60. The number of carbonyl (C=O) groups excluding carboxylic acids is 2. The van der Waals surface area contributed by atoms with Crippen LogP contribution in [0, 0.1) is 0 Å². The third-order valence-corrected chi connectivity index (χ3v) is 5.92. The molecule has 0 aliphatic carbocycles. The molecular weight excluding hydrogens is 388 g/mol. The number of ether oxygens (including phenoxy) is 2. The standard InChI is InChI=1S/C22H38N2O6/c1-19(2)11-15(12-20(3,4)23(19)27)29-17(25)9-10-18(26)30-16-13-21(5,6)24(28)22(7,8)14-16/h15-16H,9-14H2,1-8H3/i9D2,10D2. The fraction of sp³-hybridized carbons (Fsp3) is 0.909. The molecule has 0 spiro atoms. The van der Waals surface area contributed by atoms with E-state index in [1.165, 1.54) is 0 Å². The molecule has 172 valence electrons. The second-order valence-corrected chi connectivity index (χ2v) is 11.0. The van der Waals surface area contributed by atoms with Crippen LogP contribution in [0.15, 0.2) is 0 Å². The van der Waals surface area contributed by atoms with Crippen molar-refractivity contribution in [2.45, 2.75) is 128 Å². The first-order valence-corrected chi connectivity index (χ1v) is 10.3. The normalized spacial score (nSPS) is 29.8.